The maximum absolute atomic E-state index is 6.50. The molecule has 2 N–H and O–H groups in total. The monoisotopic (exact) mass is 233 g/mol. The maximum atomic E-state index is 6.50. The molecule has 0 saturated heterocycles. The Kier molecular flexibility index (Phi) is 2.38. The normalized spacial score (nSPS) is 50.3. The van der Waals surface area contributed by atoms with E-state index in [0.717, 1.165) is 23.7 Å². The molecular formula is C16H27N. The van der Waals surface area contributed by atoms with E-state index in [1.165, 1.54) is 25.7 Å². The van der Waals surface area contributed by atoms with Gasteiger partial charge in [-0.1, -0.05) is 6.42 Å². The first-order valence-corrected chi connectivity index (χ1v) is 7.98. The number of nitrogens with two attached hydrogens (primary N) is 1. The van der Waals surface area contributed by atoms with Crippen LogP contribution in [0.15, 0.2) is 0 Å². The predicted molar refractivity (Wildman–Crippen MR) is 70.5 cm³/mol. The highest BCUT2D eigenvalue weighted by atomic mass is 14.7. The third kappa shape index (κ3) is 1.77. The summed E-state index contributed by atoms with van der Waals surface area (Å²) in [5.74, 6) is 4.17. The first-order valence-electron chi connectivity index (χ1n) is 7.98. The van der Waals surface area contributed by atoms with Crippen molar-refractivity contribution >= 4 is 0 Å². The molecule has 0 amide bonds. The molecule has 5 aliphatic carbocycles. The Bertz CT molecular complexity index is 269. The molecule has 5 saturated carbocycles. The molecule has 0 aromatic heterocycles. The van der Waals surface area contributed by atoms with Crippen molar-refractivity contribution in [1.82, 2.24) is 0 Å². The fraction of sp³-hybridized carbons (Fsp3) is 1.00. The zero-order valence-electron chi connectivity index (χ0n) is 11.0. The summed E-state index contributed by atoms with van der Waals surface area (Å²) in [6.45, 7) is 0. The van der Waals surface area contributed by atoms with Gasteiger partial charge in [-0.3, -0.25) is 0 Å². The number of hydrogen-bond acceptors (Lipinski definition) is 1. The average Bonchev–Trinajstić information content (AvgIpc) is 2.09. The summed E-state index contributed by atoms with van der Waals surface area (Å²) in [6, 6.07) is 0.542. The van der Waals surface area contributed by atoms with Gasteiger partial charge < -0.3 is 5.73 Å². The molecule has 0 aromatic carbocycles. The maximum Gasteiger partial charge on any atom is 0.00724 e. The molecule has 5 rings (SSSR count). The molecule has 1 nitrogen and oxygen atoms in total. The van der Waals surface area contributed by atoms with Crippen LogP contribution in [0.2, 0.25) is 0 Å². The van der Waals surface area contributed by atoms with Crippen LogP contribution >= 0.6 is 0 Å². The van der Waals surface area contributed by atoms with E-state index in [1.54, 1.807) is 38.5 Å². The molecule has 0 spiro atoms. The van der Waals surface area contributed by atoms with E-state index < -0.39 is 0 Å². The Morgan fingerprint density at radius 2 is 1.47 bits per heavy atom. The van der Waals surface area contributed by atoms with Gasteiger partial charge in [0, 0.05) is 6.04 Å². The van der Waals surface area contributed by atoms with Crippen LogP contribution in [0.25, 0.3) is 0 Å². The number of hydrogen-bond donors (Lipinski definition) is 1. The minimum atomic E-state index is 0.542. The molecule has 5 aliphatic rings. The molecule has 0 aromatic rings. The lowest BCUT2D eigenvalue weighted by atomic mass is 9.48. The van der Waals surface area contributed by atoms with Gasteiger partial charge in [-0.25, -0.2) is 0 Å². The summed E-state index contributed by atoms with van der Waals surface area (Å²) in [5.41, 5.74) is 7.21. The molecule has 0 radical (unpaired) electrons. The molecule has 0 aliphatic heterocycles. The van der Waals surface area contributed by atoms with E-state index in [9.17, 15) is 0 Å². The van der Waals surface area contributed by atoms with Crippen molar-refractivity contribution in [2.45, 2.75) is 70.3 Å². The lowest BCUT2D eigenvalue weighted by Crippen LogP contribution is -2.49. The fourth-order valence-electron chi connectivity index (χ4n) is 6.07. The van der Waals surface area contributed by atoms with Crippen molar-refractivity contribution in [3.8, 4) is 0 Å². The van der Waals surface area contributed by atoms with Crippen LogP contribution in [-0.4, -0.2) is 6.04 Å². The van der Waals surface area contributed by atoms with E-state index in [0.29, 0.717) is 11.5 Å². The topological polar surface area (TPSA) is 26.0 Å². The Hall–Kier alpha value is -0.0400. The minimum absolute atomic E-state index is 0.542. The molecular weight excluding hydrogens is 206 g/mol. The van der Waals surface area contributed by atoms with Crippen molar-refractivity contribution < 1.29 is 0 Å². The SMILES string of the molecule is NC(CC12CC3CC(CC(C3)C1)C2)C1CCC1. The van der Waals surface area contributed by atoms with E-state index >= 15 is 0 Å². The highest BCUT2D eigenvalue weighted by Crippen LogP contribution is 2.61. The average molecular weight is 233 g/mol. The van der Waals surface area contributed by atoms with Crippen molar-refractivity contribution in [2.75, 3.05) is 0 Å². The second-order valence-electron chi connectivity index (χ2n) is 7.98. The van der Waals surface area contributed by atoms with Crippen LogP contribution in [0.1, 0.15) is 64.2 Å². The third-order valence-corrected chi connectivity index (χ3v) is 6.59. The number of rotatable bonds is 3. The van der Waals surface area contributed by atoms with Crippen LogP contribution < -0.4 is 5.73 Å². The van der Waals surface area contributed by atoms with Crippen LogP contribution in [-0.2, 0) is 0 Å². The van der Waals surface area contributed by atoms with Gasteiger partial charge in [0.15, 0.2) is 0 Å². The first-order chi connectivity index (χ1) is 8.22. The predicted octanol–water partition coefficient (Wildman–Crippen LogP) is 3.72. The molecule has 0 heterocycles. The standard InChI is InChI=1S/C16H27N/c17-15(14-2-1-3-14)10-16-7-11-4-12(8-16)6-13(5-11)9-16/h11-15H,1-10,17H2. The summed E-state index contributed by atoms with van der Waals surface area (Å²) in [7, 11) is 0. The minimum Gasteiger partial charge on any atom is -0.327 e. The van der Waals surface area contributed by atoms with Gasteiger partial charge in [-0.15, -0.1) is 0 Å². The van der Waals surface area contributed by atoms with Crippen LogP contribution in [0.5, 0.6) is 0 Å². The molecule has 96 valence electrons. The lowest BCUT2D eigenvalue weighted by Gasteiger charge is -2.58. The largest absolute Gasteiger partial charge is 0.327 e. The summed E-state index contributed by atoms with van der Waals surface area (Å²) in [5, 5.41) is 0. The highest BCUT2D eigenvalue weighted by Gasteiger charge is 2.51. The smallest absolute Gasteiger partial charge is 0.00724 e. The summed E-state index contributed by atoms with van der Waals surface area (Å²) < 4.78 is 0. The second-order valence-corrected chi connectivity index (χ2v) is 7.98. The Labute approximate surface area is 106 Å². The van der Waals surface area contributed by atoms with E-state index in [-0.39, 0.29) is 0 Å². The Balaban J connectivity index is 1.48. The van der Waals surface area contributed by atoms with Gasteiger partial charge in [-0.2, -0.15) is 0 Å². The van der Waals surface area contributed by atoms with E-state index in [1.807, 2.05) is 0 Å². The second kappa shape index (κ2) is 3.73. The van der Waals surface area contributed by atoms with Gasteiger partial charge in [-0.05, 0) is 86.9 Å². The molecule has 17 heavy (non-hydrogen) atoms. The van der Waals surface area contributed by atoms with Gasteiger partial charge in [0.1, 0.15) is 0 Å². The van der Waals surface area contributed by atoms with Crippen molar-refractivity contribution in [2.24, 2.45) is 34.8 Å². The van der Waals surface area contributed by atoms with Gasteiger partial charge >= 0.3 is 0 Å². The van der Waals surface area contributed by atoms with Gasteiger partial charge in [0.2, 0.25) is 0 Å². The first kappa shape index (κ1) is 10.8. The van der Waals surface area contributed by atoms with Crippen LogP contribution in [0.3, 0.4) is 0 Å². The van der Waals surface area contributed by atoms with Gasteiger partial charge in [0.25, 0.3) is 0 Å². The molecule has 1 unspecified atom stereocenters. The summed E-state index contributed by atoms with van der Waals surface area (Å²) in [6.07, 6.45) is 15.0. The molecule has 1 atom stereocenters. The Morgan fingerprint density at radius 1 is 0.941 bits per heavy atom. The summed E-state index contributed by atoms with van der Waals surface area (Å²) >= 11 is 0. The van der Waals surface area contributed by atoms with E-state index in [4.69, 9.17) is 5.73 Å². The molecule has 4 bridgehead atoms. The van der Waals surface area contributed by atoms with Crippen molar-refractivity contribution in [3.63, 3.8) is 0 Å². The third-order valence-electron chi connectivity index (χ3n) is 6.59. The fourth-order valence-corrected chi connectivity index (χ4v) is 6.07. The van der Waals surface area contributed by atoms with Crippen LogP contribution in [0.4, 0.5) is 0 Å². The molecule has 5 fully saturated rings. The van der Waals surface area contributed by atoms with E-state index in [2.05, 4.69) is 0 Å². The van der Waals surface area contributed by atoms with Crippen molar-refractivity contribution in [3.05, 3.63) is 0 Å². The zero-order valence-corrected chi connectivity index (χ0v) is 11.0. The van der Waals surface area contributed by atoms with Crippen molar-refractivity contribution in [1.29, 1.82) is 0 Å². The quantitative estimate of drug-likeness (QED) is 0.790. The zero-order chi connectivity index (χ0) is 11.5. The van der Waals surface area contributed by atoms with Gasteiger partial charge in [0.05, 0.1) is 0 Å². The lowest BCUT2D eigenvalue weighted by molar-refractivity contribution is -0.0645. The summed E-state index contributed by atoms with van der Waals surface area (Å²) in [4.78, 5) is 0. The Morgan fingerprint density at radius 3 is 1.88 bits per heavy atom. The molecule has 1 heteroatoms. The van der Waals surface area contributed by atoms with Crippen LogP contribution in [0, 0.1) is 29.1 Å². The highest BCUT2D eigenvalue weighted by molar-refractivity contribution is 5.03.